The van der Waals surface area contributed by atoms with Crippen molar-refractivity contribution in [2.45, 2.75) is 13.0 Å². The third-order valence-corrected chi connectivity index (χ3v) is 2.58. The van der Waals surface area contributed by atoms with Gasteiger partial charge in [0.25, 0.3) is 0 Å². The van der Waals surface area contributed by atoms with E-state index in [0.29, 0.717) is 0 Å². The van der Waals surface area contributed by atoms with Crippen LogP contribution in [0.1, 0.15) is 18.5 Å². The van der Waals surface area contributed by atoms with Crippen molar-refractivity contribution >= 4 is 27.8 Å². The fourth-order valence-electron chi connectivity index (χ4n) is 1.27. The second kappa shape index (κ2) is 6.20. The van der Waals surface area contributed by atoms with Gasteiger partial charge in [-0.05, 0) is 24.6 Å². The molecule has 1 rings (SSSR count). The number of carboxylic acids is 1. The first-order valence-corrected chi connectivity index (χ1v) is 5.75. The summed E-state index contributed by atoms with van der Waals surface area (Å²) in [5.41, 5.74) is 0.941. The first-order valence-electron chi connectivity index (χ1n) is 4.96. The van der Waals surface area contributed by atoms with Crippen LogP contribution in [-0.2, 0) is 9.59 Å². The standard InChI is InChI=1S/C12H12BrNO3/c1-8(9-3-2-4-10(13)7-9)14-11(15)5-6-12(16)17/h2-8H,1H3,(H,14,15)(H,16,17)/b6-5+/t8-/m1/s1. The van der Waals surface area contributed by atoms with Crippen LogP contribution in [0.25, 0.3) is 0 Å². The molecule has 1 aromatic rings. The van der Waals surface area contributed by atoms with Gasteiger partial charge in [0.2, 0.25) is 5.91 Å². The number of aliphatic carboxylic acids is 1. The molecular weight excluding hydrogens is 286 g/mol. The minimum Gasteiger partial charge on any atom is -0.478 e. The van der Waals surface area contributed by atoms with Crippen molar-refractivity contribution in [3.63, 3.8) is 0 Å². The topological polar surface area (TPSA) is 66.4 Å². The molecule has 0 aromatic heterocycles. The van der Waals surface area contributed by atoms with Crippen molar-refractivity contribution in [1.29, 1.82) is 0 Å². The Morgan fingerprint density at radius 2 is 2.12 bits per heavy atom. The molecule has 5 heteroatoms. The lowest BCUT2D eigenvalue weighted by Crippen LogP contribution is -2.24. The summed E-state index contributed by atoms with van der Waals surface area (Å²) in [6.07, 6.45) is 1.81. The second-order valence-electron chi connectivity index (χ2n) is 3.46. The molecule has 1 amide bonds. The van der Waals surface area contributed by atoms with Gasteiger partial charge in [-0.15, -0.1) is 0 Å². The first-order chi connectivity index (χ1) is 7.99. The summed E-state index contributed by atoms with van der Waals surface area (Å²) in [7, 11) is 0. The lowest BCUT2D eigenvalue weighted by Gasteiger charge is -2.13. The lowest BCUT2D eigenvalue weighted by atomic mass is 10.1. The zero-order valence-corrected chi connectivity index (χ0v) is 10.8. The van der Waals surface area contributed by atoms with Gasteiger partial charge in [-0.25, -0.2) is 4.79 Å². The van der Waals surface area contributed by atoms with Gasteiger partial charge in [0, 0.05) is 16.6 Å². The van der Waals surface area contributed by atoms with E-state index < -0.39 is 11.9 Å². The molecule has 4 nitrogen and oxygen atoms in total. The zero-order chi connectivity index (χ0) is 12.8. The number of carbonyl (C=O) groups excluding carboxylic acids is 1. The number of hydrogen-bond acceptors (Lipinski definition) is 2. The third kappa shape index (κ3) is 4.82. The molecule has 1 atom stereocenters. The Morgan fingerprint density at radius 1 is 1.41 bits per heavy atom. The van der Waals surface area contributed by atoms with Crippen molar-refractivity contribution in [3.8, 4) is 0 Å². The van der Waals surface area contributed by atoms with E-state index in [0.717, 1.165) is 22.2 Å². The molecule has 0 aliphatic carbocycles. The molecule has 2 N–H and O–H groups in total. The van der Waals surface area contributed by atoms with E-state index in [-0.39, 0.29) is 6.04 Å². The minimum atomic E-state index is -1.14. The van der Waals surface area contributed by atoms with E-state index >= 15 is 0 Å². The summed E-state index contributed by atoms with van der Waals surface area (Å²) in [4.78, 5) is 21.6. The predicted molar refractivity (Wildman–Crippen MR) is 67.5 cm³/mol. The smallest absolute Gasteiger partial charge is 0.328 e. The van der Waals surface area contributed by atoms with Crippen LogP contribution in [0.3, 0.4) is 0 Å². The Labute approximate surface area is 107 Å². The highest BCUT2D eigenvalue weighted by atomic mass is 79.9. The predicted octanol–water partition coefficient (Wildman–Crippen LogP) is 2.27. The summed E-state index contributed by atoms with van der Waals surface area (Å²) in [5.74, 6) is -1.57. The maximum absolute atomic E-state index is 11.3. The van der Waals surface area contributed by atoms with Crippen LogP contribution < -0.4 is 5.32 Å². The van der Waals surface area contributed by atoms with E-state index in [9.17, 15) is 9.59 Å². The van der Waals surface area contributed by atoms with Crippen LogP contribution in [0, 0.1) is 0 Å². The van der Waals surface area contributed by atoms with Gasteiger partial charge in [-0.1, -0.05) is 28.1 Å². The van der Waals surface area contributed by atoms with Crippen molar-refractivity contribution in [2.75, 3.05) is 0 Å². The van der Waals surface area contributed by atoms with Crippen LogP contribution in [0.4, 0.5) is 0 Å². The average molecular weight is 298 g/mol. The fraction of sp³-hybridized carbons (Fsp3) is 0.167. The minimum absolute atomic E-state index is 0.182. The highest BCUT2D eigenvalue weighted by Gasteiger charge is 2.07. The maximum Gasteiger partial charge on any atom is 0.328 e. The molecule has 0 radical (unpaired) electrons. The molecule has 0 bridgehead atoms. The maximum atomic E-state index is 11.3. The van der Waals surface area contributed by atoms with Crippen LogP contribution in [-0.4, -0.2) is 17.0 Å². The number of nitrogens with one attached hydrogen (secondary N) is 1. The number of carbonyl (C=O) groups is 2. The average Bonchev–Trinajstić information content (AvgIpc) is 2.26. The zero-order valence-electron chi connectivity index (χ0n) is 9.18. The number of halogens is 1. The van der Waals surface area contributed by atoms with E-state index in [1.807, 2.05) is 31.2 Å². The van der Waals surface area contributed by atoms with Crippen LogP contribution in [0.5, 0.6) is 0 Å². The van der Waals surface area contributed by atoms with Gasteiger partial charge in [0.15, 0.2) is 0 Å². The normalized spacial score (nSPS) is 12.4. The molecule has 0 fully saturated rings. The van der Waals surface area contributed by atoms with Crippen molar-refractivity contribution < 1.29 is 14.7 Å². The number of amides is 1. The summed E-state index contributed by atoms with van der Waals surface area (Å²) >= 11 is 3.34. The summed E-state index contributed by atoms with van der Waals surface area (Å²) < 4.78 is 0.928. The van der Waals surface area contributed by atoms with Crippen molar-refractivity contribution in [2.24, 2.45) is 0 Å². The van der Waals surface area contributed by atoms with E-state index in [4.69, 9.17) is 5.11 Å². The SMILES string of the molecule is C[C@@H](NC(=O)/C=C/C(=O)O)c1cccc(Br)c1. The monoisotopic (exact) mass is 297 g/mol. The molecule has 0 unspecified atom stereocenters. The largest absolute Gasteiger partial charge is 0.478 e. The summed E-state index contributed by atoms with van der Waals surface area (Å²) in [6.45, 7) is 1.83. The summed E-state index contributed by atoms with van der Waals surface area (Å²) in [6, 6.07) is 7.36. The number of hydrogen-bond donors (Lipinski definition) is 2. The van der Waals surface area contributed by atoms with Gasteiger partial charge in [0.1, 0.15) is 0 Å². The third-order valence-electron chi connectivity index (χ3n) is 2.08. The van der Waals surface area contributed by atoms with Crippen LogP contribution in [0.2, 0.25) is 0 Å². The molecule has 1 aromatic carbocycles. The Morgan fingerprint density at radius 3 is 2.71 bits per heavy atom. The lowest BCUT2D eigenvalue weighted by molar-refractivity contribution is -0.131. The molecule has 0 aliphatic heterocycles. The van der Waals surface area contributed by atoms with Gasteiger partial charge in [-0.2, -0.15) is 0 Å². The van der Waals surface area contributed by atoms with Crippen LogP contribution in [0.15, 0.2) is 40.9 Å². The quantitative estimate of drug-likeness (QED) is 0.838. The van der Waals surface area contributed by atoms with Crippen molar-refractivity contribution in [3.05, 3.63) is 46.5 Å². The van der Waals surface area contributed by atoms with E-state index in [2.05, 4.69) is 21.2 Å². The Hall–Kier alpha value is -1.62. The second-order valence-corrected chi connectivity index (χ2v) is 4.37. The Kier molecular flexibility index (Phi) is 4.90. The number of rotatable bonds is 4. The molecule has 90 valence electrons. The van der Waals surface area contributed by atoms with Gasteiger partial charge < -0.3 is 10.4 Å². The molecule has 0 saturated carbocycles. The molecule has 17 heavy (non-hydrogen) atoms. The Balaban J connectivity index is 2.63. The highest BCUT2D eigenvalue weighted by Crippen LogP contribution is 2.17. The molecule has 0 saturated heterocycles. The van der Waals surface area contributed by atoms with Gasteiger partial charge in [-0.3, -0.25) is 4.79 Å². The molecular formula is C12H12BrNO3. The van der Waals surface area contributed by atoms with Gasteiger partial charge >= 0.3 is 5.97 Å². The van der Waals surface area contributed by atoms with Crippen LogP contribution >= 0.6 is 15.9 Å². The fourth-order valence-corrected chi connectivity index (χ4v) is 1.68. The molecule has 0 aliphatic rings. The molecule has 0 heterocycles. The van der Waals surface area contributed by atoms with E-state index in [1.165, 1.54) is 0 Å². The van der Waals surface area contributed by atoms with Gasteiger partial charge in [0.05, 0.1) is 6.04 Å². The first kappa shape index (κ1) is 13.4. The van der Waals surface area contributed by atoms with E-state index in [1.54, 1.807) is 0 Å². The van der Waals surface area contributed by atoms with Crippen molar-refractivity contribution in [1.82, 2.24) is 5.32 Å². The highest BCUT2D eigenvalue weighted by molar-refractivity contribution is 9.10. The molecule has 0 spiro atoms. The number of benzene rings is 1. The Bertz CT molecular complexity index is 457. The summed E-state index contributed by atoms with van der Waals surface area (Å²) in [5, 5.41) is 11.0. The number of carboxylic acid groups (broad SMARTS) is 1.